The lowest BCUT2D eigenvalue weighted by molar-refractivity contribution is 0.0693. The zero-order valence-electron chi connectivity index (χ0n) is 5.98. The Morgan fingerprint density at radius 1 is 1.50 bits per heavy atom. The number of phenols is 1. The van der Waals surface area contributed by atoms with Gasteiger partial charge in [0.15, 0.2) is 0 Å². The molecule has 0 aliphatic rings. The van der Waals surface area contributed by atoms with Crippen LogP contribution in [0.4, 0.5) is 0 Å². The zero-order chi connectivity index (χ0) is 9.14. The molecule has 0 aromatic heterocycles. The summed E-state index contributed by atoms with van der Waals surface area (Å²) in [5.74, 6) is -1.72. The molecule has 0 amide bonds. The first-order chi connectivity index (χ1) is 5.66. The number of carbonyl (C=O) groups is 1. The summed E-state index contributed by atoms with van der Waals surface area (Å²) >= 11 is 0. The molecule has 0 fully saturated rings. The maximum absolute atomic E-state index is 10.4. The summed E-state index contributed by atoms with van der Waals surface area (Å²) < 4.78 is 0. The smallest absolute Gasteiger partial charge is 0.339 e. The molecule has 1 aromatic carbocycles. The van der Waals surface area contributed by atoms with Crippen molar-refractivity contribution in [3.8, 4) is 11.8 Å². The van der Waals surface area contributed by atoms with Crippen LogP contribution in [0.3, 0.4) is 0 Å². The van der Waals surface area contributed by atoms with Gasteiger partial charge in [-0.3, -0.25) is 0 Å². The van der Waals surface area contributed by atoms with Crippen molar-refractivity contribution in [1.82, 2.24) is 0 Å². The van der Waals surface area contributed by atoms with Crippen LogP contribution in [0.15, 0.2) is 18.2 Å². The van der Waals surface area contributed by atoms with Crippen molar-refractivity contribution in [2.45, 2.75) is 0 Å². The van der Waals surface area contributed by atoms with Gasteiger partial charge in [-0.15, -0.1) is 0 Å². The number of rotatable bonds is 1. The molecular weight excluding hydrogens is 158 g/mol. The van der Waals surface area contributed by atoms with E-state index in [9.17, 15) is 4.79 Å². The van der Waals surface area contributed by atoms with Crippen molar-refractivity contribution in [2.24, 2.45) is 0 Å². The van der Waals surface area contributed by atoms with Crippen LogP contribution in [-0.2, 0) is 0 Å². The summed E-state index contributed by atoms with van der Waals surface area (Å²) in [4.78, 5) is 10.4. The number of aromatic hydroxyl groups is 1. The predicted octanol–water partition coefficient (Wildman–Crippen LogP) is 0.962. The van der Waals surface area contributed by atoms with Crippen LogP contribution >= 0.6 is 0 Å². The fourth-order valence-corrected chi connectivity index (χ4v) is 0.806. The third kappa shape index (κ3) is 1.20. The zero-order valence-corrected chi connectivity index (χ0v) is 5.98. The van der Waals surface area contributed by atoms with E-state index in [-0.39, 0.29) is 11.1 Å². The standard InChI is InChI=1S/C8H5NO3/c9-4-5-2-1-3-6(7(5)10)8(11)12/h1-3,10H,(H,11,12). The molecule has 4 heteroatoms. The summed E-state index contributed by atoms with van der Waals surface area (Å²) in [6.45, 7) is 0. The van der Waals surface area contributed by atoms with Crippen LogP contribution in [0.1, 0.15) is 15.9 Å². The van der Waals surface area contributed by atoms with E-state index < -0.39 is 11.7 Å². The molecule has 1 aromatic rings. The lowest BCUT2D eigenvalue weighted by Gasteiger charge is -1.98. The van der Waals surface area contributed by atoms with Crippen LogP contribution in [0, 0.1) is 11.3 Å². The molecule has 0 saturated heterocycles. The molecule has 0 saturated carbocycles. The fraction of sp³-hybridized carbons (Fsp3) is 0. The van der Waals surface area contributed by atoms with Gasteiger partial charge in [0.05, 0.1) is 5.56 Å². The Morgan fingerprint density at radius 3 is 2.67 bits per heavy atom. The minimum Gasteiger partial charge on any atom is -0.506 e. The van der Waals surface area contributed by atoms with E-state index in [4.69, 9.17) is 15.5 Å². The molecule has 0 radical (unpaired) electrons. The fourth-order valence-electron chi connectivity index (χ4n) is 0.806. The van der Waals surface area contributed by atoms with Gasteiger partial charge in [-0.2, -0.15) is 5.26 Å². The summed E-state index contributed by atoms with van der Waals surface area (Å²) in [5.41, 5.74) is -0.288. The number of aromatic carboxylic acids is 1. The lowest BCUT2D eigenvalue weighted by atomic mass is 10.1. The first-order valence-electron chi connectivity index (χ1n) is 3.12. The maximum atomic E-state index is 10.4. The SMILES string of the molecule is N#Cc1cccc(C(=O)O)c1O. The van der Waals surface area contributed by atoms with Crippen LogP contribution in [-0.4, -0.2) is 16.2 Å². The summed E-state index contributed by atoms with van der Waals surface area (Å²) in [7, 11) is 0. The Morgan fingerprint density at radius 2 is 2.17 bits per heavy atom. The van der Waals surface area contributed by atoms with E-state index in [0.717, 1.165) is 0 Å². The molecule has 0 aliphatic carbocycles. The number of carboxylic acids is 1. The van der Waals surface area contributed by atoms with E-state index in [1.807, 2.05) is 0 Å². The Labute approximate surface area is 68.3 Å². The van der Waals surface area contributed by atoms with Crippen molar-refractivity contribution in [3.05, 3.63) is 29.3 Å². The second kappa shape index (κ2) is 2.93. The molecule has 0 unspecified atom stereocenters. The Kier molecular flexibility index (Phi) is 1.97. The third-order valence-electron chi connectivity index (χ3n) is 1.39. The monoisotopic (exact) mass is 163 g/mol. The molecule has 60 valence electrons. The number of nitriles is 1. The van der Waals surface area contributed by atoms with Gasteiger partial charge in [0.1, 0.15) is 17.4 Å². The van der Waals surface area contributed by atoms with Gasteiger partial charge < -0.3 is 10.2 Å². The Hall–Kier alpha value is -2.02. The number of benzene rings is 1. The third-order valence-corrected chi connectivity index (χ3v) is 1.39. The van der Waals surface area contributed by atoms with Gasteiger partial charge in [-0.1, -0.05) is 6.07 Å². The molecule has 0 aliphatic heterocycles. The minimum atomic E-state index is -1.25. The predicted molar refractivity (Wildman–Crippen MR) is 39.8 cm³/mol. The van der Waals surface area contributed by atoms with E-state index in [2.05, 4.69) is 0 Å². The van der Waals surface area contributed by atoms with E-state index >= 15 is 0 Å². The van der Waals surface area contributed by atoms with Crippen molar-refractivity contribution < 1.29 is 15.0 Å². The molecule has 0 spiro atoms. The van der Waals surface area contributed by atoms with Crippen molar-refractivity contribution in [1.29, 1.82) is 5.26 Å². The first kappa shape index (κ1) is 8.08. The Bertz CT molecular complexity index is 365. The lowest BCUT2D eigenvalue weighted by Crippen LogP contribution is -1.97. The van der Waals surface area contributed by atoms with Crippen molar-refractivity contribution in [2.75, 3.05) is 0 Å². The second-order valence-electron chi connectivity index (χ2n) is 2.12. The van der Waals surface area contributed by atoms with E-state index in [1.165, 1.54) is 18.2 Å². The molecule has 0 heterocycles. The molecule has 2 N–H and O–H groups in total. The quantitative estimate of drug-likeness (QED) is 0.646. The molecular formula is C8H5NO3. The number of hydrogen-bond donors (Lipinski definition) is 2. The van der Waals surface area contributed by atoms with Crippen LogP contribution in [0.5, 0.6) is 5.75 Å². The van der Waals surface area contributed by atoms with E-state index in [0.29, 0.717) is 0 Å². The Balaban J connectivity index is 3.35. The number of hydrogen-bond acceptors (Lipinski definition) is 3. The van der Waals surface area contributed by atoms with Crippen molar-refractivity contribution >= 4 is 5.97 Å². The molecule has 0 bridgehead atoms. The summed E-state index contributed by atoms with van der Waals surface area (Å²) in [6.07, 6.45) is 0. The highest BCUT2D eigenvalue weighted by Gasteiger charge is 2.11. The number of para-hydroxylation sites is 1. The largest absolute Gasteiger partial charge is 0.506 e. The number of carboxylic acid groups (broad SMARTS) is 1. The second-order valence-corrected chi connectivity index (χ2v) is 2.12. The van der Waals surface area contributed by atoms with Crippen molar-refractivity contribution in [3.63, 3.8) is 0 Å². The van der Waals surface area contributed by atoms with Gasteiger partial charge in [-0.25, -0.2) is 4.79 Å². The summed E-state index contributed by atoms with van der Waals surface area (Å²) in [5, 5.41) is 26.1. The molecule has 1 rings (SSSR count). The number of nitrogens with zero attached hydrogens (tertiary/aromatic N) is 1. The highest BCUT2D eigenvalue weighted by Crippen LogP contribution is 2.20. The van der Waals surface area contributed by atoms with Crippen LogP contribution < -0.4 is 0 Å². The van der Waals surface area contributed by atoms with Gasteiger partial charge in [0.2, 0.25) is 0 Å². The highest BCUT2D eigenvalue weighted by molar-refractivity contribution is 5.91. The normalized spacial score (nSPS) is 8.92. The van der Waals surface area contributed by atoms with Gasteiger partial charge in [-0.05, 0) is 12.1 Å². The maximum Gasteiger partial charge on any atom is 0.339 e. The topological polar surface area (TPSA) is 81.3 Å². The van der Waals surface area contributed by atoms with Gasteiger partial charge >= 0.3 is 5.97 Å². The minimum absolute atomic E-state index is 0.0325. The average Bonchev–Trinajstić information content (AvgIpc) is 2.04. The highest BCUT2D eigenvalue weighted by atomic mass is 16.4. The molecule has 12 heavy (non-hydrogen) atoms. The summed E-state index contributed by atoms with van der Waals surface area (Å²) in [6, 6.07) is 5.67. The molecule has 0 atom stereocenters. The van der Waals surface area contributed by atoms with E-state index in [1.54, 1.807) is 6.07 Å². The van der Waals surface area contributed by atoms with Crippen LogP contribution in [0.25, 0.3) is 0 Å². The van der Waals surface area contributed by atoms with Crippen LogP contribution in [0.2, 0.25) is 0 Å². The molecule has 4 nitrogen and oxygen atoms in total. The first-order valence-corrected chi connectivity index (χ1v) is 3.12. The average molecular weight is 163 g/mol. The van der Waals surface area contributed by atoms with Gasteiger partial charge in [0.25, 0.3) is 0 Å². The van der Waals surface area contributed by atoms with Gasteiger partial charge in [0, 0.05) is 0 Å².